The Bertz CT molecular complexity index is 476. The van der Waals surface area contributed by atoms with Crippen molar-refractivity contribution in [1.29, 1.82) is 0 Å². The Balaban J connectivity index is 2.72. The highest BCUT2D eigenvalue weighted by Gasteiger charge is 2.08. The van der Waals surface area contributed by atoms with E-state index in [1.165, 1.54) is 10.7 Å². The molecule has 0 fully saturated rings. The molecule has 0 atom stereocenters. The predicted octanol–water partition coefficient (Wildman–Crippen LogP) is 0.131. The van der Waals surface area contributed by atoms with E-state index in [2.05, 4.69) is 15.1 Å². The first-order valence-electron chi connectivity index (χ1n) is 3.59. The fourth-order valence-electron chi connectivity index (χ4n) is 1.02. The zero-order valence-electron chi connectivity index (χ0n) is 6.80. The van der Waals surface area contributed by atoms with E-state index in [0.29, 0.717) is 11.3 Å². The van der Waals surface area contributed by atoms with Crippen molar-refractivity contribution in [2.75, 3.05) is 0 Å². The highest BCUT2D eigenvalue weighted by molar-refractivity contribution is 5.82. The van der Waals surface area contributed by atoms with Crippen LogP contribution < -0.4 is 0 Å². The van der Waals surface area contributed by atoms with E-state index in [1.807, 2.05) is 0 Å². The molecule has 6 nitrogen and oxygen atoms in total. The van der Waals surface area contributed by atoms with Crippen molar-refractivity contribution in [3.05, 3.63) is 24.0 Å². The molecule has 2 rings (SSSR count). The van der Waals surface area contributed by atoms with Crippen LogP contribution in [0.3, 0.4) is 0 Å². The Labute approximate surface area is 72.9 Å². The number of rotatable bonds is 1. The van der Waals surface area contributed by atoms with Crippen molar-refractivity contribution in [3.8, 4) is 0 Å². The zero-order valence-corrected chi connectivity index (χ0v) is 6.80. The minimum absolute atomic E-state index is 0.228. The number of nitrogens with zero attached hydrogens (tertiary/aromatic N) is 4. The van der Waals surface area contributed by atoms with Crippen LogP contribution in [0.5, 0.6) is 0 Å². The van der Waals surface area contributed by atoms with Crippen LogP contribution in [0.2, 0.25) is 0 Å². The molecule has 2 aromatic rings. The number of aryl methyl sites for hydroxylation is 1. The van der Waals surface area contributed by atoms with E-state index < -0.39 is 5.97 Å². The lowest BCUT2D eigenvalue weighted by Gasteiger charge is -1.95. The van der Waals surface area contributed by atoms with Gasteiger partial charge in [-0.25, -0.2) is 19.3 Å². The van der Waals surface area contributed by atoms with Crippen LogP contribution in [0.1, 0.15) is 16.4 Å². The van der Waals surface area contributed by atoms with E-state index >= 15 is 0 Å². The van der Waals surface area contributed by atoms with Gasteiger partial charge < -0.3 is 5.11 Å². The van der Waals surface area contributed by atoms with Crippen LogP contribution in [0.15, 0.2) is 12.4 Å². The third kappa shape index (κ3) is 1.12. The first-order valence-corrected chi connectivity index (χ1v) is 3.59. The fourth-order valence-corrected chi connectivity index (χ4v) is 1.02. The fraction of sp³-hybridized carbons (Fsp3) is 0.143. The van der Waals surface area contributed by atoms with Crippen molar-refractivity contribution in [2.45, 2.75) is 6.92 Å². The van der Waals surface area contributed by atoms with Gasteiger partial charge in [0, 0.05) is 0 Å². The maximum absolute atomic E-state index is 10.5. The highest BCUT2D eigenvalue weighted by atomic mass is 16.4. The molecule has 13 heavy (non-hydrogen) atoms. The van der Waals surface area contributed by atoms with Gasteiger partial charge in [-0.15, -0.1) is 5.10 Å². The quantitative estimate of drug-likeness (QED) is 0.671. The summed E-state index contributed by atoms with van der Waals surface area (Å²) in [6.07, 6.45) is 3.01. The maximum atomic E-state index is 10.5. The van der Waals surface area contributed by atoms with Gasteiger partial charge in [-0.05, 0) is 6.92 Å². The van der Waals surface area contributed by atoms with Gasteiger partial charge in [-0.1, -0.05) is 0 Å². The number of fused-ring (bicyclic) bond motifs is 1. The summed E-state index contributed by atoms with van der Waals surface area (Å²) in [7, 11) is 0. The Morgan fingerprint density at radius 1 is 1.46 bits per heavy atom. The Hall–Kier alpha value is -1.98. The molecule has 6 heteroatoms. The minimum Gasteiger partial charge on any atom is -0.475 e. The Morgan fingerprint density at radius 2 is 2.15 bits per heavy atom. The third-order valence-electron chi connectivity index (χ3n) is 1.64. The molecule has 0 aliphatic carbocycles. The number of imidazole rings is 1. The first kappa shape index (κ1) is 7.66. The second-order valence-corrected chi connectivity index (χ2v) is 2.53. The molecule has 0 amide bonds. The lowest BCUT2D eigenvalue weighted by atomic mass is 10.6. The Kier molecular flexibility index (Phi) is 1.48. The third-order valence-corrected chi connectivity index (χ3v) is 1.64. The van der Waals surface area contributed by atoms with Crippen molar-refractivity contribution < 1.29 is 9.90 Å². The largest absolute Gasteiger partial charge is 0.475 e. The molecule has 66 valence electrons. The van der Waals surface area contributed by atoms with Crippen molar-refractivity contribution in [3.63, 3.8) is 0 Å². The van der Waals surface area contributed by atoms with Crippen LogP contribution >= 0.6 is 0 Å². The molecule has 0 unspecified atom stereocenters. The van der Waals surface area contributed by atoms with E-state index in [4.69, 9.17) is 5.11 Å². The number of carboxylic acid groups (broad SMARTS) is 1. The van der Waals surface area contributed by atoms with Gasteiger partial charge in [0.2, 0.25) is 0 Å². The molecular formula is C7H6N4O2. The van der Waals surface area contributed by atoms with E-state index in [9.17, 15) is 4.79 Å². The predicted molar refractivity (Wildman–Crippen MR) is 42.5 cm³/mol. The summed E-state index contributed by atoms with van der Waals surface area (Å²) in [4.78, 5) is 18.1. The highest BCUT2D eigenvalue weighted by Crippen LogP contribution is 2.02. The summed E-state index contributed by atoms with van der Waals surface area (Å²) >= 11 is 0. The Morgan fingerprint density at radius 3 is 2.85 bits per heavy atom. The van der Waals surface area contributed by atoms with Crippen molar-refractivity contribution in [1.82, 2.24) is 19.6 Å². The van der Waals surface area contributed by atoms with E-state index in [1.54, 1.807) is 13.1 Å². The SMILES string of the molecule is Cc1ncc2cnc(C(=O)O)nn12. The lowest BCUT2D eigenvalue weighted by molar-refractivity contribution is 0.0681. The van der Waals surface area contributed by atoms with Crippen LogP contribution in [0.4, 0.5) is 0 Å². The number of hydrogen-bond acceptors (Lipinski definition) is 4. The molecule has 0 saturated heterocycles. The molecule has 0 saturated carbocycles. The summed E-state index contributed by atoms with van der Waals surface area (Å²) in [6.45, 7) is 1.74. The van der Waals surface area contributed by atoms with Crippen LogP contribution in [-0.2, 0) is 0 Å². The van der Waals surface area contributed by atoms with E-state index in [-0.39, 0.29) is 5.82 Å². The second-order valence-electron chi connectivity index (χ2n) is 2.53. The topological polar surface area (TPSA) is 80.4 Å². The standard InChI is InChI=1S/C7H6N4O2/c1-4-8-2-5-3-9-6(7(12)13)10-11(4)5/h2-3H,1H3,(H,12,13). The molecule has 0 radical (unpaired) electrons. The van der Waals surface area contributed by atoms with Gasteiger partial charge in [-0.3, -0.25) is 0 Å². The summed E-state index contributed by atoms with van der Waals surface area (Å²) in [5.74, 6) is -0.733. The molecule has 2 aromatic heterocycles. The second kappa shape index (κ2) is 2.51. The summed E-state index contributed by atoms with van der Waals surface area (Å²) < 4.78 is 1.44. The molecule has 0 aliphatic heterocycles. The summed E-state index contributed by atoms with van der Waals surface area (Å²) in [5.41, 5.74) is 0.683. The minimum atomic E-state index is -1.14. The van der Waals surface area contributed by atoms with Gasteiger partial charge in [0.1, 0.15) is 11.3 Å². The van der Waals surface area contributed by atoms with Gasteiger partial charge >= 0.3 is 5.97 Å². The molecule has 2 heterocycles. The normalized spacial score (nSPS) is 10.5. The first-order chi connectivity index (χ1) is 6.18. The van der Waals surface area contributed by atoms with Gasteiger partial charge in [0.15, 0.2) is 0 Å². The number of hydrogen-bond donors (Lipinski definition) is 1. The monoisotopic (exact) mass is 178 g/mol. The smallest absolute Gasteiger partial charge is 0.375 e. The van der Waals surface area contributed by atoms with Crippen LogP contribution in [-0.4, -0.2) is 30.7 Å². The van der Waals surface area contributed by atoms with Gasteiger partial charge in [0.25, 0.3) is 5.82 Å². The molecule has 0 spiro atoms. The summed E-state index contributed by atoms with van der Waals surface area (Å²) in [6, 6.07) is 0. The van der Waals surface area contributed by atoms with Crippen molar-refractivity contribution >= 4 is 11.5 Å². The number of aromatic nitrogens is 4. The lowest BCUT2D eigenvalue weighted by Crippen LogP contribution is -2.08. The number of carbonyl (C=O) groups is 1. The number of carboxylic acids is 1. The average molecular weight is 178 g/mol. The molecule has 0 bridgehead atoms. The molecular weight excluding hydrogens is 172 g/mol. The average Bonchev–Trinajstić information content (AvgIpc) is 2.47. The van der Waals surface area contributed by atoms with E-state index in [0.717, 1.165) is 0 Å². The number of aromatic carboxylic acids is 1. The zero-order chi connectivity index (χ0) is 9.42. The maximum Gasteiger partial charge on any atom is 0.375 e. The molecule has 0 aromatic carbocycles. The van der Waals surface area contributed by atoms with Gasteiger partial charge in [0.05, 0.1) is 12.4 Å². The van der Waals surface area contributed by atoms with Crippen LogP contribution in [0.25, 0.3) is 5.52 Å². The van der Waals surface area contributed by atoms with Crippen molar-refractivity contribution in [2.24, 2.45) is 0 Å². The van der Waals surface area contributed by atoms with Crippen LogP contribution in [0, 0.1) is 6.92 Å². The van der Waals surface area contributed by atoms with Gasteiger partial charge in [-0.2, -0.15) is 0 Å². The molecule has 0 aliphatic rings. The summed E-state index contributed by atoms with van der Waals surface area (Å²) in [5, 5.41) is 12.4. The molecule has 1 N–H and O–H groups in total.